The standard InChI is InChI=1S/C13H17BrN2O3/c1-9(17)15-5-6-16-13(18)8-10-3-4-12(19-2)11(14)7-10/h3-4,7H,5-6,8H2,1-2H3,(H,15,17)(H,16,18). The van der Waals surface area contributed by atoms with Gasteiger partial charge in [-0.3, -0.25) is 9.59 Å². The molecule has 0 aliphatic carbocycles. The number of benzene rings is 1. The minimum Gasteiger partial charge on any atom is -0.496 e. The highest BCUT2D eigenvalue weighted by atomic mass is 79.9. The predicted octanol–water partition coefficient (Wildman–Crippen LogP) is 1.25. The number of carbonyl (C=O) groups excluding carboxylic acids is 2. The Balaban J connectivity index is 2.40. The first-order chi connectivity index (χ1) is 9.02. The van der Waals surface area contributed by atoms with Crippen LogP contribution in [-0.4, -0.2) is 32.0 Å². The SMILES string of the molecule is COc1ccc(CC(=O)NCCNC(C)=O)cc1Br. The molecule has 1 aromatic carbocycles. The Morgan fingerprint density at radius 1 is 1.26 bits per heavy atom. The number of carbonyl (C=O) groups is 2. The summed E-state index contributed by atoms with van der Waals surface area (Å²) in [7, 11) is 1.59. The Bertz CT molecular complexity index is 463. The van der Waals surface area contributed by atoms with Gasteiger partial charge in [0.25, 0.3) is 0 Å². The molecule has 0 saturated carbocycles. The molecule has 6 heteroatoms. The van der Waals surface area contributed by atoms with Crippen molar-refractivity contribution in [2.24, 2.45) is 0 Å². The van der Waals surface area contributed by atoms with E-state index in [-0.39, 0.29) is 11.8 Å². The fourth-order valence-corrected chi connectivity index (χ4v) is 2.10. The van der Waals surface area contributed by atoms with Crippen LogP contribution in [0.25, 0.3) is 0 Å². The van der Waals surface area contributed by atoms with Crippen molar-refractivity contribution >= 4 is 27.7 Å². The fraction of sp³-hybridized carbons (Fsp3) is 0.385. The Labute approximate surface area is 120 Å². The van der Waals surface area contributed by atoms with Crippen molar-refractivity contribution in [3.63, 3.8) is 0 Å². The van der Waals surface area contributed by atoms with Gasteiger partial charge in [-0.05, 0) is 33.6 Å². The highest BCUT2D eigenvalue weighted by Crippen LogP contribution is 2.25. The highest BCUT2D eigenvalue weighted by molar-refractivity contribution is 9.10. The van der Waals surface area contributed by atoms with Gasteiger partial charge in [0.15, 0.2) is 0 Å². The van der Waals surface area contributed by atoms with Gasteiger partial charge in [-0.1, -0.05) is 6.07 Å². The molecule has 0 atom stereocenters. The van der Waals surface area contributed by atoms with Crippen LogP contribution in [0, 0.1) is 0 Å². The van der Waals surface area contributed by atoms with Crippen molar-refractivity contribution in [1.29, 1.82) is 0 Å². The lowest BCUT2D eigenvalue weighted by Crippen LogP contribution is -2.34. The monoisotopic (exact) mass is 328 g/mol. The number of nitrogens with one attached hydrogen (secondary N) is 2. The van der Waals surface area contributed by atoms with Gasteiger partial charge in [-0.25, -0.2) is 0 Å². The third-order valence-electron chi connectivity index (χ3n) is 2.40. The third kappa shape index (κ3) is 5.74. The number of ether oxygens (including phenoxy) is 1. The van der Waals surface area contributed by atoms with Gasteiger partial charge in [0.05, 0.1) is 18.0 Å². The summed E-state index contributed by atoms with van der Waals surface area (Å²) in [5, 5.41) is 5.35. The van der Waals surface area contributed by atoms with Gasteiger partial charge >= 0.3 is 0 Å². The van der Waals surface area contributed by atoms with Gasteiger partial charge in [-0.2, -0.15) is 0 Å². The zero-order chi connectivity index (χ0) is 14.3. The molecule has 2 amide bonds. The van der Waals surface area contributed by atoms with Gasteiger partial charge < -0.3 is 15.4 Å². The zero-order valence-corrected chi connectivity index (χ0v) is 12.5. The summed E-state index contributed by atoms with van der Waals surface area (Å²) in [5.74, 6) is 0.547. The summed E-state index contributed by atoms with van der Waals surface area (Å²) in [6, 6.07) is 5.51. The summed E-state index contributed by atoms with van der Waals surface area (Å²) < 4.78 is 5.94. The van der Waals surface area contributed by atoms with E-state index in [1.807, 2.05) is 18.2 Å². The van der Waals surface area contributed by atoms with E-state index in [1.165, 1.54) is 6.92 Å². The molecule has 0 aromatic heterocycles. The van der Waals surface area contributed by atoms with Crippen molar-refractivity contribution < 1.29 is 14.3 Å². The quantitative estimate of drug-likeness (QED) is 0.772. The molecule has 0 heterocycles. The molecule has 0 radical (unpaired) electrons. The fourth-order valence-electron chi connectivity index (χ4n) is 1.51. The van der Waals surface area contributed by atoms with Crippen molar-refractivity contribution in [3.05, 3.63) is 28.2 Å². The maximum Gasteiger partial charge on any atom is 0.224 e. The minimum atomic E-state index is -0.103. The van der Waals surface area contributed by atoms with E-state index in [9.17, 15) is 9.59 Å². The average molecular weight is 329 g/mol. The molecule has 1 aromatic rings. The van der Waals surface area contributed by atoms with E-state index in [4.69, 9.17) is 4.74 Å². The molecular weight excluding hydrogens is 312 g/mol. The van der Waals surface area contributed by atoms with E-state index in [0.717, 1.165) is 15.8 Å². The predicted molar refractivity (Wildman–Crippen MR) is 76.1 cm³/mol. The van der Waals surface area contributed by atoms with Gasteiger partial charge in [0.1, 0.15) is 5.75 Å². The van der Waals surface area contributed by atoms with Crippen LogP contribution in [0.15, 0.2) is 22.7 Å². The number of halogens is 1. The zero-order valence-electron chi connectivity index (χ0n) is 11.0. The van der Waals surface area contributed by atoms with Crippen LogP contribution >= 0.6 is 15.9 Å². The van der Waals surface area contributed by atoms with Crippen LogP contribution in [0.5, 0.6) is 5.75 Å². The number of amides is 2. The number of rotatable bonds is 6. The molecule has 19 heavy (non-hydrogen) atoms. The molecule has 0 aliphatic rings. The van der Waals surface area contributed by atoms with Crippen LogP contribution in [0.4, 0.5) is 0 Å². The molecule has 0 spiro atoms. The lowest BCUT2D eigenvalue weighted by molar-refractivity contribution is -0.121. The molecule has 5 nitrogen and oxygen atoms in total. The number of hydrogen-bond acceptors (Lipinski definition) is 3. The first-order valence-corrected chi connectivity index (χ1v) is 6.65. The third-order valence-corrected chi connectivity index (χ3v) is 3.02. The van der Waals surface area contributed by atoms with Crippen molar-refractivity contribution in [3.8, 4) is 5.75 Å². The Hall–Kier alpha value is -1.56. The van der Waals surface area contributed by atoms with Crippen LogP contribution in [0.1, 0.15) is 12.5 Å². The second kappa shape index (κ2) is 7.78. The highest BCUT2D eigenvalue weighted by Gasteiger charge is 2.06. The first kappa shape index (κ1) is 15.5. The van der Waals surface area contributed by atoms with E-state index < -0.39 is 0 Å². The van der Waals surface area contributed by atoms with Crippen molar-refractivity contribution in [2.45, 2.75) is 13.3 Å². The van der Waals surface area contributed by atoms with Crippen molar-refractivity contribution in [1.82, 2.24) is 10.6 Å². The first-order valence-electron chi connectivity index (χ1n) is 5.86. The summed E-state index contributed by atoms with van der Waals surface area (Å²) in [5.41, 5.74) is 0.893. The molecule has 0 bridgehead atoms. The van der Waals surface area contributed by atoms with Crippen LogP contribution in [-0.2, 0) is 16.0 Å². The van der Waals surface area contributed by atoms with Crippen LogP contribution < -0.4 is 15.4 Å². The topological polar surface area (TPSA) is 67.4 Å². The molecule has 2 N–H and O–H groups in total. The molecule has 0 aliphatic heterocycles. The summed E-state index contributed by atoms with van der Waals surface area (Å²) in [4.78, 5) is 22.3. The summed E-state index contributed by atoms with van der Waals surface area (Å²) in [6.07, 6.45) is 0.294. The second-order valence-electron chi connectivity index (χ2n) is 3.98. The summed E-state index contributed by atoms with van der Waals surface area (Å²) >= 11 is 3.37. The smallest absolute Gasteiger partial charge is 0.224 e. The normalized spacial score (nSPS) is 9.84. The number of methoxy groups -OCH3 is 1. The van der Waals surface area contributed by atoms with Crippen LogP contribution in [0.2, 0.25) is 0 Å². The average Bonchev–Trinajstić information content (AvgIpc) is 2.35. The second-order valence-corrected chi connectivity index (χ2v) is 4.83. The maximum atomic E-state index is 11.7. The van der Waals surface area contributed by atoms with Crippen LogP contribution in [0.3, 0.4) is 0 Å². The van der Waals surface area contributed by atoms with E-state index in [2.05, 4.69) is 26.6 Å². The Morgan fingerprint density at radius 3 is 2.53 bits per heavy atom. The minimum absolute atomic E-state index is 0.0811. The molecule has 1 rings (SSSR count). The lowest BCUT2D eigenvalue weighted by atomic mass is 10.1. The molecule has 104 valence electrons. The van der Waals surface area contributed by atoms with E-state index in [1.54, 1.807) is 7.11 Å². The largest absolute Gasteiger partial charge is 0.496 e. The molecular formula is C13H17BrN2O3. The van der Waals surface area contributed by atoms with Gasteiger partial charge in [-0.15, -0.1) is 0 Å². The molecule has 0 saturated heterocycles. The van der Waals surface area contributed by atoms with E-state index >= 15 is 0 Å². The Kier molecular flexibility index (Phi) is 6.35. The van der Waals surface area contributed by atoms with Gasteiger partial charge in [0.2, 0.25) is 11.8 Å². The summed E-state index contributed by atoms with van der Waals surface area (Å²) in [6.45, 7) is 2.31. The molecule has 0 unspecified atom stereocenters. The molecule has 0 fully saturated rings. The lowest BCUT2D eigenvalue weighted by Gasteiger charge is -2.08. The maximum absolute atomic E-state index is 11.7. The number of hydrogen-bond donors (Lipinski definition) is 2. The Morgan fingerprint density at radius 2 is 1.95 bits per heavy atom. The van der Waals surface area contributed by atoms with Gasteiger partial charge in [0, 0.05) is 20.0 Å². The van der Waals surface area contributed by atoms with Crippen molar-refractivity contribution in [2.75, 3.05) is 20.2 Å². The van der Waals surface area contributed by atoms with E-state index in [0.29, 0.717) is 19.5 Å².